The number of hydrogen-bond acceptors (Lipinski definition) is 5. The fraction of sp³-hybridized carbons (Fsp3) is 0.227. The summed E-state index contributed by atoms with van der Waals surface area (Å²) in [6.45, 7) is 1.89. The Balaban J connectivity index is 1.49. The molecule has 27 heavy (non-hydrogen) atoms. The van der Waals surface area contributed by atoms with Gasteiger partial charge in [-0.15, -0.1) is 0 Å². The lowest BCUT2D eigenvalue weighted by molar-refractivity contribution is 0.494. The molecule has 1 fully saturated rings. The lowest BCUT2D eigenvalue weighted by Crippen LogP contribution is -2.33. The number of pyridine rings is 2. The number of para-hydroxylation sites is 1. The Bertz CT molecular complexity index is 930. The third kappa shape index (κ3) is 3.67. The van der Waals surface area contributed by atoms with Crippen molar-refractivity contribution in [3.8, 4) is 0 Å². The van der Waals surface area contributed by atoms with Gasteiger partial charge in [-0.05, 0) is 43.2 Å². The minimum Gasteiger partial charge on any atom is -0.398 e. The van der Waals surface area contributed by atoms with Crippen LogP contribution in [-0.2, 0) is 0 Å². The minimum absolute atomic E-state index is 0.431. The Morgan fingerprint density at radius 2 is 1.74 bits per heavy atom. The molecule has 0 atom stereocenters. The molecule has 2 aromatic heterocycles. The highest BCUT2D eigenvalue weighted by atomic mass is 15.2. The van der Waals surface area contributed by atoms with Crippen molar-refractivity contribution in [2.24, 2.45) is 0 Å². The molecule has 136 valence electrons. The third-order valence-corrected chi connectivity index (χ3v) is 5.19. The van der Waals surface area contributed by atoms with E-state index in [4.69, 9.17) is 11.1 Å². The van der Waals surface area contributed by atoms with Crippen LogP contribution >= 0.6 is 0 Å². The monoisotopic (exact) mass is 357 g/mol. The summed E-state index contributed by atoms with van der Waals surface area (Å²) in [4.78, 5) is 11.3. The molecule has 0 spiro atoms. The van der Waals surface area contributed by atoms with Gasteiger partial charge in [0.05, 0.1) is 5.71 Å². The summed E-state index contributed by atoms with van der Waals surface area (Å²) in [6.07, 6.45) is 5.77. The number of hydrogen-bond donors (Lipinski definition) is 2. The normalized spacial score (nSPS) is 14.9. The van der Waals surface area contributed by atoms with Gasteiger partial charge in [0.1, 0.15) is 5.82 Å². The second-order valence-electron chi connectivity index (χ2n) is 6.88. The van der Waals surface area contributed by atoms with Crippen LogP contribution in [0.4, 0.5) is 11.5 Å². The van der Waals surface area contributed by atoms with Crippen molar-refractivity contribution in [3.05, 3.63) is 83.8 Å². The van der Waals surface area contributed by atoms with Gasteiger partial charge in [0.2, 0.25) is 0 Å². The van der Waals surface area contributed by atoms with Gasteiger partial charge in [-0.1, -0.05) is 24.3 Å². The molecule has 1 aliphatic rings. The van der Waals surface area contributed by atoms with Crippen LogP contribution in [0.25, 0.3) is 0 Å². The molecule has 3 heterocycles. The van der Waals surface area contributed by atoms with Crippen LogP contribution in [0.3, 0.4) is 0 Å². The molecule has 3 N–H and O–H groups in total. The summed E-state index contributed by atoms with van der Waals surface area (Å²) in [5.41, 5.74) is 9.86. The van der Waals surface area contributed by atoms with Crippen molar-refractivity contribution in [2.75, 3.05) is 23.7 Å². The fourth-order valence-electron chi connectivity index (χ4n) is 3.65. The number of benzene rings is 1. The molecular weight excluding hydrogens is 334 g/mol. The van der Waals surface area contributed by atoms with Crippen molar-refractivity contribution in [2.45, 2.75) is 18.8 Å². The van der Waals surface area contributed by atoms with Gasteiger partial charge in [0.15, 0.2) is 0 Å². The lowest BCUT2D eigenvalue weighted by atomic mass is 9.93. The number of nitrogens with zero attached hydrogens (tertiary/aromatic N) is 3. The van der Waals surface area contributed by atoms with E-state index in [1.54, 1.807) is 6.20 Å². The summed E-state index contributed by atoms with van der Waals surface area (Å²) in [5.74, 6) is 1.43. The maximum absolute atomic E-state index is 8.53. The van der Waals surface area contributed by atoms with Crippen LogP contribution in [-0.4, -0.2) is 28.8 Å². The van der Waals surface area contributed by atoms with E-state index in [1.807, 2.05) is 48.7 Å². The molecule has 4 rings (SSSR count). The number of aromatic nitrogens is 2. The Labute approximate surface area is 159 Å². The van der Waals surface area contributed by atoms with Gasteiger partial charge in [-0.25, -0.2) is 4.98 Å². The molecule has 5 heteroatoms. The molecule has 1 aromatic carbocycles. The molecule has 0 saturated carbocycles. The number of anilines is 2. The Morgan fingerprint density at radius 3 is 2.48 bits per heavy atom. The number of piperidine rings is 1. The molecule has 0 amide bonds. The summed E-state index contributed by atoms with van der Waals surface area (Å²) in [7, 11) is 0. The largest absolute Gasteiger partial charge is 0.398 e. The van der Waals surface area contributed by atoms with Crippen LogP contribution in [0.1, 0.15) is 35.6 Å². The van der Waals surface area contributed by atoms with Crippen molar-refractivity contribution in [1.82, 2.24) is 9.97 Å². The van der Waals surface area contributed by atoms with E-state index in [0.29, 0.717) is 17.3 Å². The van der Waals surface area contributed by atoms with Crippen molar-refractivity contribution in [1.29, 1.82) is 5.41 Å². The lowest BCUT2D eigenvalue weighted by Gasteiger charge is -2.32. The quantitative estimate of drug-likeness (QED) is 0.549. The van der Waals surface area contributed by atoms with E-state index >= 15 is 0 Å². The van der Waals surface area contributed by atoms with E-state index in [9.17, 15) is 0 Å². The first-order chi connectivity index (χ1) is 13.2. The zero-order valence-corrected chi connectivity index (χ0v) is 15.2. The SMILES string of the molecule is N=C(c1ccnc(N2CCC(c3ccccn3)CC2)c1)c1ccccc1N. The van der Waals surface area contributed by atoms with Gasteiger partial charge in [0.25, 0.3) is 0 Å². The van der Waals surface area contributed by atoms with Gasteiger partial charge in [-0.2, -0.15) is 0 Å². The van der Waals surface area contributed by atoms with Gasteiger partial charge in [0, 0.05) is 53.9 Å². The molecule has 1 aliphatic heterocycles. The first kappa shape index (κ1) is 17.2. The average molecular weight is 357 g/mol. The minimum atomic E-state index is 0.431. The summed E-state index contributed by atoms with van der Waals surface area (Å²) >= 11 is 0. The molecule has 1 saturated heterocycles. The highest BCUT2D eigenvalue weighted by Crippen LogP contribution is 2.29. The first-order valence-electron chi connectivity index (χ1n) is 9.28. The molecule has 5 nitrogen and oxygen atoms in total. The predicted octanol–water partition coefficient (Wildman–Crippen LogP) is 3.86. The van der Waals surface area contributed by atoms with Crippen LogP contribution in [0.2, 0.25) is 0 Å². The van der Waals surface area contributed by atoms with Gasteiger partial charge < -0.3 is 10.6 Å². The van der Waals surface area contributed by atoms with Crippen molar-refractivity contribution in [3.63, 3.8) is 0 Å². The zero-order chi connectivity index (χ0) is 18.6. The summed E-state index contributed by atoms with van der Waals surface area (Å²) in [5, 5.41) is 8.53. The van der Waals surface area contributed by atoms with E-state index in [2.05, 4.69) is 27.0 Å². The smallest absolute Gasteiger partial charge is 0.129 e. The van der Waals surface area contributed by atoms with E-state index < -0.39 is 0 Å². The molecule has 0 aliphatic carbocycles. The number of nitrogen functional groups attached to an aromatic ring is 1. The molecule has 0 radical (unpaired) electrons. The summed E-state index contributed by atoms with van der Waals surface area (Å²) in [6, 6.07) is 17.5. The van der Waals surface area contributed by atoms with Crippen molar-refractivity contribution >= 4 is 17.2 Å². The van der Waals surface area contributed by atoms with Crippen LogP contribution in [0.5, 0.6) is 0 Å². The average Bonchev–Trinajstić information content (AvgIpc) is 2.74. The Kier molecular flexibility index (Phi) is 4.83. The maximum atomic E-state index is 8.53. The van der Waals surface area contributed by atoms with Gasteiger partial charge >= 0.3 is 0 Å². The van der Waals surface area contributed by atoms with Crippen LogP contribution in [0.15, 0.2) is 67.0 Å². The number of rotatable bonds is 4. The van der Waals surface area contributed by atoms with Crippen molar-refractivity contribution < 1.29 is 0 Å². The third-order valence-electron chi connectivity index (χ3n) is 5.19. The highest BCUT2D eigenvalue weighted by Gasteiger charge is 2.22. The second kappa shape index (κ2) is 7.58. The number of nitrogens with one attached hydrogen (secondary N) is 1. The highest BCUT2D eigenvalue weighted by molar-refractivity contribution is 6.14. The molecule has 3 aromatic rings. The number of nitrogens with two attached hydrogens (primary N) is 1. The molecular formula is C22H23N5. The predicted molar refractivity (Wildman–Crippen MR) is 109 cm³/mol. The van der Waals surface area contributed by atoms with Crippen LogP contribution < -0.4 is 10.6 Å². The Morgan fingerprint density at radius 1 is 0.963 bits per heavy atom. The van der Waals surface area contributed by atoms with E-state index in [0.717, 1.165) is 42.9 Å². The fourth-order valence-corrected chi connectivity index (χ4v) is 3.65. The van der Waals surface area contributed by atoms with Gasteiger partial charge in [-0.3, -0.25) is 10.4 Å². The van der Waals surface area contributed by atoms with E-state index in [1.165, 1.54) is 5.69 Å². The molecule has 0 bridgehead atoms. The first-order valence-corrected chi connectivity index (χ1v) is 9.28. The second-order valence-corrected chi connectivity index (χ2v) is 6.88. The Hall–Kier alpha value is -3.21. The van der Waals surface area contributed by atoms with E-state index in [-0.39, 0.29) is 0 Å². The molecule has 0 unspecified atom stereocenters. The zero-order valence-electron chi connectivity index (χ0n) is 15.2. The summed E-state index contributed by atoms with van der Waals surface area (Å²) < 4.78 is 0. The standard InChI is InChI=1S/C22H23N5/c23-19-6-2-1-5-18(19)22(24)17-8-12-26-21(15-17)27-13-9-16(10-14-27)20-7-3-4-11-25-20/h1-8,11-12,15-16,24H,9-10,13-14,23H2. The van der Waals surface area contributed by atoms with Crippen LogP contribution in [0, 0.1) is 5.41 Å². The topological polar surface area (TPSA) is 78.9 Å². The maximum Gasteiger partial charge on any atom is 0.129 e.